The Hall–Kier alpha value is -3.74. The van der Waals surface area contributed by atoms with Gasteiger partial charge in [-0.3, -0.25) is 19.4 Å². The van der Waals surface area contributed by atoms with Crippen LogP contribution in [0.5, 0.6) is 0 Å². The molecule has 1 aromatic carbocycles. The van der Waals surface area contributed by atoms with E-state index in [0.717, 1.165) is 5.56 Å². The Morgan fingerprint density at radius 2 is 1.72 bits per heavy atom. The molecule has 0 spiro atoms. The number of nitrogens with zero attached hydrogens (tertiary/aromatic N) is 2. The number of hydrogen-bond acceptors (Lipinski definition) is 4. The number of anilines is 2. The first-order valence-corrected chi connectivity index (χ1v) is 9.15. The van der Waals surface area contributed by atoms with E-state index in [4.69, 9.17) is 0 Å². The average molecular weight is 390 g/mol. The maximum Gasteiger partial charge on any atom is 0.259 e. The number of nitrogens with one attached hydrogen (secondary N) is 2. The molecule has 3 rings (SSSR count). The second-order valence-corrected chi connectivity index (χ2v) is 6.71. The summed E-state index contributed by atoms with van der Waals surface area (Å²) in [7, 11) is 0. The summed E-state index contributed by atoms with van der Waals surface area (Å²) in [5.41, 5.74) is 2.79. The molecule has 0 aliphatic carbocycles. The van der Waals surface area contributed by atoms with Crippen molar-refractivity contribution >= 4 is 23.2 Å². The van der Waals surface area contributed by atoms with Crippen LogP contribution in [0.3, 0.4) is 0 Å². The lowest BCUT2D eigenvalue weighted by molar-refractivity contribution is -0.114. The van der Waals surface area contributed by atoms with Gasteiger partial charge in [-0.15, -0.1) is 0 Å². The Balaban J connectivity index is 2.08. The van der Waals surface area contributed by atoms with Gasteiger partial charge in [-0.2, -0.15) is 0 Å². The molecule has 7 heteroatoms. The Morgan fingerprint density at radius 1 is 1.00 bits per heavy atom. The number of hydrogen-bond donors (Lipinski definition) is 2. The zero-order chi connectivity index (χ0) is 21.0. The number of pyridine rings is 2. The van der Waals surface area contributed by atoms with Crippen molar-refractivity contribution < 1.29 is 9.59 Å². The summed E-state index contributed by atoms with van der Waals surface area (Å²) in [6.07, 6.45) is 1.65. The second-order valence-electron chi connectivity index (χ2n) is 6.71. The van der Waals surface area contributed by atoms with Crippen LogP contribution in [-0.2, 0) is 11.3 Å². The third-order valence-corrected chi connectivity index (χ3v) is 4.55. The summed E-state index contributed by atoms with van der Waals surface area (Å²) in [6.45, 7) is 5.12. The van der Waals surface area contributed by atoms with Crippen molar-refractivity contribution in [2.45, 2.75) is 27.3 Å². The molecule has 29 heavy (non-hydrogen) atoms. The van der Waals surface area contributed by atoms with E-state index in [0.29, 0.717) is 17.1 Å². The Kier molecular flexibility index (Phi) is 5.87. The standard InChI is InChI=1S/C22H22N4O3/c1-14-8-4-5-10-18(14)25-22(29)21-15(2)26(13-17-9-6-7-11-23-17)20(28)12-19(21)24-16(3)27/h4-12H,13H2,1-3H3,(H,24,27)(H,25,29). The minimum Gasteiger partial charge on any atom is -0.325 e. The number of carbonyl (C=O) groups excluding carboxylic acids is 2. The highest BCUT2D eigenvalue weighted by Gasteiger charge is 2.21. The van der Waals surface area contributed by atoms with Gasteiger partial charge in [-0.25, -0.2) is 0 Å². The summed E-state index contributed by atoms with van der Waals surface area (Å²) in [6, 6.07) is 14.1. The average Bonchev–Trinajstić information content (AvgIpc) is 2.67. The zero-order valence-electron chi connectivity index (χ0n) is 16.5. The monoisotopic (exact) mass is 390 g/mol. The molecule has 0 saturated heterocycles. The van der Waals surface area contributed by atoms with Gasteiger partial charge in [-0.05, 0) is 37.6 Å². The summed E-state index contributed by atoms with van der Waals surface area (Å²) in [4.78, 5) is 41.7. The molecule has 0 aliphatic rings. The summed E-state index contributed by atoms with van der Waals surface area (Å²) in [5.74, 6) is -0.772. The quantitative estimate of drug-likeness (QED) is 0.700. The molecule has 0 aliphatic heterocycles. The van der Waals surface area contributed by atoms with Crippen LogP contribution in [0, 0.1) is 13.8 Å². The van der Waals surface area contributed by atoms with Crippen molar-refractivity contribution in [3.8, 4) is 0 Å². The molecule has 0 bridgehead atoms. The van der Waals surface area contributed by atoms with Gasteiger partial charge < -0.3 is 15.2 Å². The highest BCUT2D eigenvalue weighted by molar-refractivity contribution is 6.10. The lowest BCUT2D eigenvalue weighted by atomic mass is 10.1. The van der Waals surface area contributed by atoms with Crippen molar-refractivity contribution in [3.05, 3.63) is 87.6 Å². The smallest absolute Gasteiger partial charge is 0.259 e. The van der Waals surface area contributed by atoms with Crippen LogP contribution in [0.1, 0.15) is 34.2 Å². The van der Waals surface area contributed by atoms with E-state index < -0.39 is 5.91 Å². The number of benzene rings is 1. The molecule has 0 fully saturated rings. The van der Waals surface area contributed by atoms with Gasteiger partial charge in [-0.1, -0.05) is 24.3 Å². The van der Waals surface area contributed by atoms with Gasteiger partial charge in [0.1, 0.15) is 0 Å². The fourth-order valence-corrected chi connectivity index (χ4v) is 3.09. The molecule has 2 amide bonds. The van der Waals surface area contributed by atoms with Crippen LogP contribution in [-0.4, -0.2) is 21.4 Å². The van der Waals surface area contributed by atoms with Gasteiger partial charge >= 0.3 is 0 Å². The van der Waals surface area contributed by atoms with E-state index in [1.807, 2.05) is 31.2 Å². The normalized spacial score (nSPS) is 10.4. The van der Waals surface area contributed by atoms with Crippen molar-refractivity contribution in [1.82, 2.24) is 9.55 Å². The molecule has 0 atom stereocenters. The summed E-state index contributed by atoms with van der Waals surface area (Å²) >= 11 is 0. The van der Waals surface area contributed by atoms with E-state index in [-0.39, 0.29) is 29.3 Å². The third kappa shape index (κ3) is 4.57. The zero-order valence-corrected chi connectivity index (χ0v) is 16.5. The van der Waals surface area contributed by atoms with Crippen LogP contribution < -0.4 is 16.2 Å². The molecular weight excluding hydrogens is 368 g/mol. The van der Waals surface area contributed by atoms with Crippen molar-refractivity contribution in [2.75, 3.05) is 10.6 Å². The van der Waals surface area contributed by atoms with Gasteiger partial charge in [0.25, 0.3) is 11.5 Å². The van der Waals surface area contributed by atoms with Gasteiger partial charge in [0.2, 0.25) is 5.91 Å². The lowest BCUT2D eigenvalue weighted by Crippen LogP contribution is -2.29. The highest BCUT2D eigenvalue weighted by atomic mass is 16.2. The summed E-state index contributed by atoms with van der Waals surface area (Å²) in [5, 5.41) is 5.47. The van der Waals surface area contributed by atoms with E-state index in [9.17, 15) is 14.4 Å². The molecule has 0 unspecified atom stereocenters. The molecule has 148 valence electrons. The van der Waals surface area contributed by atoms with Crippen LogP contribution in [0.4, 0.5) is 11.4 Å². The molecule has 0 radical (unpaired) electrons. The Labute approximate surface area is 168 Å². The second kappa shape index (κ2) is 8.52. The maximum absolute atomic E-state index is 13.1. The number of carbonyl (C=O) groups is 2. The predicted molar refractivity (Wildman–Crippen MR) is 112 cm³/mol. The molecule has 0 saturated carbocycles. The minimum atomic E-state index is -0.407. The number of aryl methyl sites for hydroxylation is 1. The van der Waals surface area contributed by atoms with Crippen molar-refractivity contribution in [1.29, 1.82) is 0 Å². The van der Waals surface area contributed by atoms with E-state index in [1.165, 1.54) is 17.6 Å². The molecular formula is C22H22N4O3. The molecule has 7 nitrogen and oxygen atoms in total. The van der Waals surface area contributed by atoms with Crippen LogP contribution in [0.25, 0.3) is 0 Å². The molecule has 2 N–H and O–H groups in total. The van der Waals surface area contributed by atoms with Crippen molar-refractivity contribution in [2.24, 2.45) is 0 Å². The topological polar surface area (TPSA) is 93.1 Å². The van der Waals surface area contributed by atoms with E-state index >= 15 is 0 Å². The third-order valence-electron chi connectivity index (χ3n) is 4.55. The van der Waals surface area contributed by atoms with Crippen LogP contribution in [0.2, 0.25) is 0 Å². The lowest BCUT2D eigenvalue weighted by Gasteiger charge is -2.18. The number of aromatic nitrogens is 2. The Morgan fingerprint density at radius 3 is 2.38 bits per heavy atom. The first-order chi connectivity index (χ1) is 13.9. The molecule has 3 aromatic rings. The molecule has 2 aromatic heterocycles. The number of para-hydroxylation sites is 1. The fraction of sp³-hybridized carbons (Fsp3) is 0.182. The summed E-state index contributed by atoms with van der Waals surface area (Å²) < 4.78 is 1.47. The number of rotatable bonds is 5. The van der Waals surface area contributed by atoms with Crippen LogP contribution >= 0.6 is 0 Å². The first kappa shape index (κ1) is 20.0. The largest absolute Gasteiger partial charge is 0.325 e. The van der Waals surface area contributed by atoms with Gasteiger partial charge in [0.15, 0.2) is 0 Å². The van der Waals surface area contributed by atoms with Crippen LogP contribution in [0.15, 0.2) is 59.5 Å². The number of amides is 2. The van der Waals surface area contributed by atoms with Gasteiger partial charge in [0.05, 0.1) is 23.5 Å². The van der Waals surface area contributed by atoms with Gasteiger partial charge in [0, 0.05) is 30.6 Å². The SMILES string of the molecule is CC(=O)Nc1cc(=O)n(Cc2ccccn2)c(C)c1C(=O)Nc1ccccc1C. The highest BCUT2D eigenvalue weighted by Crippen LogP contribution is 2.22. The van der Waals surface area contributed by atoms with E-state index in [2.05, 4.69) is 15.6 Å². The maximum atomic E-state index is 13.1. The minimum absolute atomic E-state index is 0.184. The first-order valence-electron chi connectivity index (χ1n) is 9.15. The molecule has 2 heterocycles. The predicted octanol–water partition coefficient (Wildman–Crippen LogP) is 3.12. The van der Waals surface area contributed by atoms with E-state index in [1.54, 1.807) is 31.3 Å². The Bertz CT molecular complexity index is 1120. The van der Waals surface area contributed by atoms with Crippen molar-refractivity contribution in [3.63, 3.8) is 0 Å². The fourth-order valence-electron chi connectivity index (χ4n) is 3.09.